The summed E-state index contributed by atoms with van der Waals surface area (Å²) in [5, 5.41) is 0. The molecule has 0 aliphatic carbocycles. The van der Waals surface area contributed by atoms with Gasteiger partial charge < -0.3 is 9.47 Å². The number of ether oxygens (including phenoxy) is 2. The lowest BCUT2D eigenvalue weighted by Crippen LogP contribution is -2.05. The monoisotopic (exact) mass is 380 g/mol. The molecule has 2 nitrogen and oxygen atoms in total. The van der Waals surface area contributed by atoms with Crippen molar-refractivity contribution in [2.45, 2.75) is 13.8 Å². The molecule has 0 N–H and O–H groups in total. The van der Waals surface area contributed by atoms with E-state index in [1.165, 1.54) is 27.8 Å². The lowest BCUT2D eigenvalue weighted by molar-refractivity contribution is 0.120. The first-order valence-corrected chi connectivity index (χ1v) is 9.77. The van der Waals surface area contributed by atoms with E-state index in [1.807, 2.05) is 36.4 Å². The molecule has 0 aromatic heterocycles. The van der Waals surface area contributed by atoms with Gasteiger partial charge in [-0.3, -0.25) is 0 Å². The Bertz CT molecular complexity index is 1050. The van der Waals surface area contributed by atoms with E-state index in [2.05, 4.69) is 74.5 Å². The van der Waals surface area contributed by atoms with Crippen LogP contribution in [0.5, 0.6) is 11.5 Å². The highest BCUT2D eigenvalue weighted by Crippen LogP contribution is 2.26. The molecule has 0 saturated heterocycles. The van der Waals surface area contributed by atoms with Gasteiger partial charge in [0.1, 0.15) is 11.5 Å². The first kappa shape index (κ1) is 18.8. The van der Waals surface area contributed by atoms with Gasteiger partial charge in [0, 0.05) is 0 Å². The lowest BCUT2D eigenvalue weighted by atomic mass is 10.00. The van der Waals surface area contributed by atoms with Crippen molar-refractivity contribution in [3.8, 4) is 33.8 Å². The maximum Gasteiger partial charge on any atom is 0.230 e. The summed E-state index contributed by atoms with van der Waals surface area (Å²) in [6.07, 6.45) is 0. The maximum atomic E-state index is 5.70. The number of hydrogen-bond acceptors (Lipinski definition) is 2. The predicted octanol–water partition coefficient (Wildman–Crippen LogP) is 7.05. The van der Waals surface area contributed by atoms with Crippen molar-refractivity contribution in [2.75, 3.05) is 6.79 Å². The molecule has 4 aromatic rings. The smallest absolute Gasteiger partial charge is 0.230 e. The summed E-state index contributed by atoms with van der Waals surface area (Å²) in [6.45, 7) is 4.35. The molecule has 2 heteroatoms. The molecule has 4 rings (SSSR count). The Balaban J connectivity index is 1.37. The highest BCUT2D eigenvalue weighted by Gasteiger charge is 2.02. The van der Waals surface area contributed by atoms with Gasteiger partial charge >= 0.3 is 0 Å². The Morgan fingerprint density at radius 3 is 1.10 bits per heavy atom. The highest BCUT2D eigenvalue weighted by molar-refractivity contribution is 5.70. The van der Waals surface area contributed by atoms with Crippen LogP contribution in [0.25, 0.3) is 22.3 Å². The van der Waals surface area contributed by atoms with Gasteiger partial charge in [0.2, 0.25) is 6.79 Å². The molecule has 29 heavy (non-hydrogen) atoms. The molecular weight excluding hydrogens is 356 g/mol. The summed E-state index contributed by atoms with van der Waals surface area (Å²) in [5.74, 6) is 1.60. The van der Waals surface area contributed by atoms with Crippen molar-refractivity contribution in [3.63, 3.8) is 0 Å². The molecule has 0 radical (unpaired) electrons. The number of benzene rings is 4. The Hall–Kier alpha value is -3.52. The quantitative estimate of drug-likeness (QED) is 0.334. The SMILES string of the molecule is Cc1ccc(OCOc2ccc(-c3ccc(-c4ccc(C)cc4)cc3)cc2)cc1. The van der Waals surface area contributed by atoms with E-state index in [4.69, 9.17) is 9.47 Å². The zero-order chi connectivity index (χ0) is 20.1. The Labute approximate surface area is 172 Å². The average molecular weight is 380 g/mol. The van der Waals surface area contributed by atoms with Crippen molar-refractivity contribution >= 4 is 0 Å². The van der Waals surface area contributed by atoms with Crippen LogP contribution in [0, 0.1) is 13.8 Å². The van der Waals surface area contributed by atoms with Crippen LogP contribution in [-0.4, -0.2) is 6.79 Å². The van der Waals surface area contributed by atoms with Crippen LogP contribution < -0.4 is 9.47 Å². The first-order chi connectivity index (χ1) is 14.2. The minimum atomic E-state index is 0.188. The van der Waals surface area contributed by atoms with Crippen LogP contribution >= 0.6 is 0 Å². The number of aryl methyl sites for hydroxylation is 2. The molecule has 0 amide bonds. The van der Waals surface area contributed by atoms with Crippen molar-refractivity contribution < 1.29 is 9.47 Å². The molecule has 0 saturated carbocycles. The van der Waals surface area contributed by atoms with Crippen LogP contribution in [-0.2, 0) is 0 Å². The number of hydrogen-bond donors (Lipinski definition) is 0. The molecular formula is C27H24O2. The Kier molecular flexibility index (Phi) is 5.62. The summed E-state index contributed by atoms with van der Waals surface area (Å²) >= 11 is 0. The van der Waals surface area contributed by atoms with Crippen LogP contribution in [0.1, 0.15) is 11.1 Å². The van der Waals surface area contributed by atoms with Gasteiger partial charge in [0.25, 0.3) is 0 Å². The van der Waals surface area contributed by atoms with Crippen LogP contribution in [0.2, 0.25) is 0 Å². The molecule has 0 heterocycles. The summed E-state index contributed by atoms with van der Waals surface area (Å²) in [4.78, 5) is 0. The summed E-state index contributed by atoms with van der Waals surface area (Å²) in [5.41, 5.74) is 7.29. The topological polar surface area (TPSA) is 18.5 Å². The van der Waals surface area contributed by atoms with Gasteiger partial charge in [-0.25, -0.2) is 0 Å². The molecule has 4 aromatic carbocycles. The van der Waals surface area contributed by atoms with Crippen LogP contribution in [0.4, 0.5) is 0 Å². The summed E-state index contributed by atoms with van der Waals surface area (Å²) < 4.78 is 11.3. The second-order valence-electron chi connectivity index (χ2n) is 7.19. The van der Waals surface area contributed by atoms with E-state index in [0.29, 0.717) is 0 Å². The van der Waals surface area contributed by atoms with E-state index >= 15 is 0 Å². The van der Waals surface area contributed by atoms with E-state index in [1.54, 1.807) is 0 Å². The van der Waals surface area contributed by atoms with E-state index < -0.39 is 0 Å². The van der Waals surface area contributed by atoms with E-state index in [0.717, 1.165) is 17.1 Å². The zero-order valence-corrected chi connectivity index (χ0v) is 16.8. The molecule has 0 fully saturated rings. The minimum Gasteiger partial charge on any atom is -0.458 e. The average Bonchev–Trinajstić information content (AvgIpc) is 2.76. The Morgan fingerprint density at radius 1 is 0.414 bits per heavy atom. The summed E-state index contributed by atoms with van der Waals surface area (Å²) in [6, 6.07) is 33.3. The van der Waals surface area contributed by atoms with E-state index in [9.17, 15) is 0 Å². The minimum absolute atomic E-state index is 0.188. The van der Waals surface area contributed by atoms with Gasteiger partial charge in [0.15, 0.2) is 0 Å². The molecule has 0 spiro atoms. The van der Waals surface area contributed by atoms with Crippen molar-refractivity contribution in [1.82, 2.24) is 0 Å². The third kappa shape index (κ3) is 4.85. The second-order valence-corrected chi connectivity index (χ2v) is 7.19. The van der Waals surface area contributed by atoms with Crippen molar-refractivity contribution in [1.29, 1.82) is 0 Å². The highest BCUT2D eigenvalue weighted by atomic mass is 16.7. The third-order valence-corrected chi connectivity index (χ3v) is 4.93. The molecule has 0 atom stereocenters. The largest absolute Gasteiger partial charge is 0.458 e. The van der Waals surface area contributed by atoms with Gasteiger partial charge in [0.05, 0.1) is 0 Å². The maximum absolute atomic E-state index is 5.70. The zero-order valence-electron chi connectivity index (χ0n) is 16.8. The Morgan fingerprint density at radius 2 is 0.690 bits per heavy atom. The van der Waals surface area contributed by atoms with Crippen molar-refractivity contribution in [2.24, 2.45) is 0 Å². The fourth-order valence-electron chi connectivity index (χ4n) is 3.14. The first-order valence-electron chi connectivity index (χ1n) is 9.77. The molecule has 144 valence electrons. The normalized spacial score (nSPS) is 10.6. The molecule has 0 bridgehead atoms. The van der Waals surface area contributed by atoms with E-state index in [-0.39, 0.29) is 6.79 Å². The van der Waals surface area contributed by atoms with Crippen molar-refractivity contribution in [3.05, 3.63) is 108 Å². The van der Waals surface area contributed by atoms with Crippen LogP contribution in [0.15, 0.2) is 97.1 Å². The molecule has 0 aliphatic heterocycles. The predicted molar refractivity (Wildman–Crippen MR) is 119 cm³/mol. The third-order valence-electron chi connectivity index (χ3n) is 4.93. The second kappa shape index (κ2) is 8.66. The molecule has 0 unspecified atom stereocenters. The van der Waals surface area contributed by atoms with Gasteiger partial charge in [-0.1, -0.05) is 83.9 Å². The standard InChI is InChI=1S/C27H24O2/c1-20-3-7-22(8-4-20)23-9-11-24(12-10-23)25-13-17-27(18-14-25)29-19-28-26-15-5-21(2)6-16-26/h3-18H,19H2,1-2H3. The fraction of sp³-hybridized carbons (Fsp3) is 0.111. The fourth-order valence-corrected chi connectivity index (χ4v) is 3.14. The van der Waals surface area contributed by atoms with Gasteiger partial charge in [-0.15, -0.1) is 0 Å². The molecule has 0 aliphatic rings. The number of rotatable bonds is 6. The van der Waals surface area contributed by atoms with Gasteiger partial charge in [-0.05, 0) is 60.4 Å². The van der Waals surface area contributed by atoms with Crippen LogP contribution in [0.3, 0.4) is 0 Å². The summed E-state index contributed by atoms with van der Waals surface area (Å²) in [7, 11) is 0. The lowest BCUT2D eigenvalue weighted by Gasteiger charge is -2.10. The van der Waals surface area contributed by atoms with Gasteiger partial charge in [-0.2, -0.15) is 0 Å².